The van der Waals surface area contributed by atoms with Crippen LogP contribution in [-0.4, -0.2) is 35.8 Å². The zero-order valence-electron chi connectivity index (χ0n) is 16.7. The zero-order valence-corrected chi connectivity index (χ0v) is 17.5. The number of thioether (sulfide) groups is 1. The number of nitrogens with zero attached hydrogens (tertiary/aromatic N) is 1. The summed E-state index contributed by atoms with van der Waals surface area (Å²) in [5, 5.41) is 2.50. The Kier molecular flexibility index (Phi) is 5.17. The molecule has 2 amide bonds. The van der Waals surface area contributed by atoms with Crippen molar-refractivity contribution in [2.45, 2.75) is 42.9 Å². The van der Waals surface area contributed by atoms with Crippen LogP contribution in [-0.2, 0) is 9.59 Å². The quantitative estimate of drug-likeness (QED) is 0.769. The number of fused-ring (bicyclic) bond motifs is 2. The lowest BCUT2D eigenvalue weighted by Gasteiger charge is -2.43. The minimum Gasteiger partial charge on any atom is -0.490 e. The molecular weight excluding hydrogens is 388 g/mol. The van der Waals surface area contributed by atoms with Crippen molar-refractivity contribution in [2.75, 3.05) is 23.4 Å². The van der Waals surface area contributed by atoms with E-state index >= 15 is 0 Å². The molecule has 0 radical (unpaired) electrons. The molecule has 0 aromatic heterocycles. The summed E-state index contributed by atoms with van der Waals surface area (Å²) < 4.78 is 11.4. The maximum Gasteiger partial charge on any atom is 0.250 e. The summed E-state index contributed by atoms with van der Waals surface area (Å²) in [4.78, 5) is 28.6. The Labute approximate surface area is 174 Å². The van der Waals surface area contributed by atoms with E-state index in [1.165, 1.54) is 11.8 Å². The first-order valence-corrected chi connectivity index (χ1v) is 10.6. The average molecular weight is 413 g/mol. The highest BCUT2D eigenvalue weighted by Gasteiger charge is 2.44. The van der Waals surface area contributed by atoms with Crippen LogP contribution >= 0.6 is 11.8 Å². The fourth-order valence-corrected chi connectivity index (χ4v) is 4.44. The second-order valence-corrected chi connectivity index (χ2v) is 9.04. The molecule has 0 unspecified atom stereocenters. The van der Waals surface area contributed by atoms with Gasteiger partial charge in [0.05, 0.1) is 29.8 Å². The van der Waals surface area contributed by atoms with E-state index in [1.54, 1.807) is 18.7 Å². The predicted octanol–water partition coefficient (Wildman–Crippen LogP) is 4.09. The van der Waals surface area contributed by atoms with E-state index in [9.17, 15) is 9.59 Å². The monoisotopic (exact) mass is 412 g/mol. The number of hydrogen-bond donors (Lipinski definition) is 1. The summed E-state index contributed by atoms with van der Waals surface area (Å²) in [7, 11) is 0. The summed E-state index contributed by atoms with van der Waals surface area (Å²) in [5.74, 6) is 1.12. The molecule has 0 aliphatic carbocycles. The first kappa shape index (κ1) is 19.6. The van der Waals surface area contributed by atoms with E-state index in [2.05, 4.69) is 5.32 Å². The largest absolute Gasteiger partial charge is 0.490 e. The molecule has 0 saturated heterocycles. The number of benzene rings is 2. The Balaban J connectivity index is 1.59. The number of anilines is 2. The van der Waals surface area contributed by atoms with Crippen LogP contribution in [0.3, 0.4) is 0 Å². The molecule has 2 aromatic rings. The van der Waals surface area contributed by atoms with E-state index in [1.807, 2.05) is 49.4 Å². The third-order valence-electron chi connectivity index (χ3n) is 5.11. The lowest BCUT2D eigenvalue weighted by atomic mass is 9.96. The molecule has 2 aliphatic rings. The van der Waals surface area contributed by atoms with Crippen molar-refractivity contribution in [3.8, 4) is 11.5 Å². The normalized spacial score (nSPS) is 18.3. The molecule has 0 fully saturated rings. The van der Waals surface area contributed by atoms with Gasteiger partial charge in [0.25, 0.3) is 0 Å². The van der Waals surface area contributed by atoms with Gasteiger partial charge in [0, 0.05) is 11.3 Å². The van der Waals surface area contributed by atoms with E-state index in [4.69, 9.17) is 9.47 Å². The van der Waals surface area contributed by atoms with Gasteiger partial charge in [-0.1, -0.05) is 12.1 Å². The Hall–Kier alpha value is -2.67. The van der Waals surface area contributed by atoms with Gasteiger partial charge in [0.15, 0.2) is 11.5 Å². The number of carbonyl (C=O) groups excluding carboxylic acids is 2. The van der Waals surface area contributed by atoms with E-state index in [-0.39, 0.29) is 11.8 Å². The topological polar surface area (TPSA) is 67.9 Å². The van der Waals surface area contributed by atoms with Crippen LogP contribution in [0.1, 0.15) is 27.2 Å². The number of hydrogen-bond acceptors (Lipinski definition) is 5. The molecule has 29 heavy (non-hydrogen) atoms. The maximum atomic E-state index is 13.4. The van der Waals surface area contributed by atoms with Crippen LogP contribution in [0.2, 0.25) is 0 Å². The molecule has 0 saturated carbocycles. The van der Waals surface area contributed by atoms with Gasteiger partial charge in [-0.3, -0.25) is 14.5 Å². The number of rotatable bonds is 3. The lowest BCUT2D eigenvalue weighted by molar-refractivity contribution is -0.126. The van der Waals surface area contributed by atoms with Crippen LogP contribution in [0.5, 0.6) is 11.5 Å². The number of para-hydroxylation sites is 2. The predicted molar refractivity (Wildman–Crippen MR) is 114 cm³/mol. The van der Waals surface area contributed by atoms with Crippen molar-refractivity contribution in [1.82, 2.24) is 0 Å². The SMILES string of the molecule is C[C@@H](Sc1ccc2c(c1)OCCCO2)C(=O)N1c2ccccc2NC(=O)C1(C)C. The van der Waals surface area contributed by atoms with Crippen LogP contribution in [0.4, 0.5) is 11.4 Å². The van der Waals surface area contributed by atoms with E-state index in [0.29, 0.717) is 30.3 Å². The first-order chi connectivity index (χ1) is 13.9. The van der Waals surface area contributed by atoms with Gasteiger partial charge in [-0.05, 0) is 51.1 Å². The zero-order chi connectivity index (χ0) is 20.6. The molecule has 152 valence electrons. The number of amides is 2. The van der Waals surface area contributed by atoms with Crippen molar-refractivity contribution < 1.29 is 19.1 Å². The van der Waals surface area contributed by atoms with Crippen LogP contribution in [0.15, 0.2) is 47.4 Å². The standard InChI is InChI=1S/C22H24N2O4S/c1-14(29-15-9-10-18-19(13-15)28-12-6-11-27-18)20(25)24-17-8-5-4-7-16(17)23-21(26)22(24,2)3/h4-5,7-10,13-14H,6,11-12H2,1-3H3,(H,23,26)/t14-/m1/s1. The molecule has 2 heterocycles. The number of ether oxygens (including phenoxy) is 2. The third kappa shape index (κ3) is 3.67. The molecule has 7 heteroatoms. The van der Waals surface area contributed by atoms with Crippen LogP contribution < -0.4 is 19.7 Å². The highest BCUT2D eigenvalue weighted by molar-refractivity contribution is 8.00. The number of nitrogens with one attached hydrogen (secondary N) is 1. The summed E-state index contributed by atoms with van der Waals surface area (Å²) in [5.41, 5.74) is 0.386. The van der Waals surface area contributed by atoms with Crippen molar-refractivity contribution in [1.29, 1.82) is 0 Å². The summed E-state index contributed by atoms with van der Waals surface area (Å²) >= 11 is 1.44. The number of carbonyl (C=O) groups is 2. The van der Waals surface area contributed by atoms with E-state index < -0.39 is 10.8 Å². The Morgan fingerprint density at radius 1 is 1.14 bits per heavy atom. The molecule has 4 rings (SSSR count). The summed E-state index contributed by atoms with van der Waals surface area (Å²) in [6.45, 7) is 6.65. The molecule has 6 nitrogen and oxygen atoms in total. The van der Waals surface area contributed by atoms with Crippen molar-refractivity contribution in [3.05, 3.63) is 42.5 Å². The van der Waals surface area contributed by atoms with Gasteiger partial charge in [-0.15, -0.1) is 11.8 Å². The average Bonchev–Trinajstić information content (AvgIpc) is 2.93. The van der Waals surface area contributed by atoms with Gasteiger partial charge < -0.3 is 14.8 Å². The van der Waals surface area contributed by atoms with Gasteiger partial charge in [-0.25, -0.2) is 0 Å². The Morgan fingerprint density at radius 3 is 2.66 bits per heavy atom. The minimum absolute atomic E-state index is 0.116. The van der Waals surface area contributed by atoms with Crippen molar-refractivity contribution in [2.24, 2.45) is 0 Å². The fraction of sp³-hybridized carbons (Fsp3) is 0.364. The molecule has 1 N–H and O–H groups in total. The van der Waals surface area contributed by atoms with Gasteiger partial charge in [0.1, 0.15) is 5.54 Å². The first-order valence-electron chi connectivity index (χ1n) is 9.69. The molecule has 2 aliphatic heterocycles. The minimum atomic E-state index is -0.981. The van der Waals surface area contributed by atoms with Gasteiger partial charge in [0.2, 0.25) is 11.8 Å². The summed E-state index contributed by atoms with van der Waals surface area (Å²) in [6, 6.07) is 13.1. The Bertz CT molecular complexity index is 960. The Morgan fingerprint density at radius 2 is 1.86 bits per heavy atom. The molecule has 1 atom stereocenters. The molecule has 2 aromatic carbocycles. The lowest BCUT2D eigenvalue weighted by Crippen LogP contribution is -2.60. The van der Waals surface area contributed by atoms with Crippen LogP contribution in [0, 0.1) is 0 Å². The second kappa shape index (κ2) is 7.63. The van der Waals surface area contributed by atoms with Crippen molar-refractivity contribution in [3.63, 3.8) is 0 Å². The van der Waals surface area contributed by atoms with Crippen molar-refractivity contribution >= 4 is 35.0 Å². The summed E-state index contributed by atoms with van der Waals surface area (Å²) in [6.07, 6.45) is 0.845. The highest BCUT2D eigenvalue weighted by Crippen LogP contribution is 2.40. The van der Waals surface area contributed by atoms with Crippen LogP contribution in [0.25, 0.3) is 0 Å². The van der Waals surface area contributed by atoms with E-state index in [0.717, 1.165) is 17.1 Å². The fourth-order valence-electron chi connectivity index (χ4n) is 3.50. The van der Waals surface area contributed by atoms with Gasteiger partial charge in [-0.2, -0.15) is 0 Å². The maximum absolute atomic E-state index is 13.4. The molecule has 0 spiro atoms. The molecule has 0 bridgehead atoms. The smallest absolute Gasteiger partial charge is 0.250 e. The highest BCUT2D eigenvalue weighted by atomic mass is 32.2. The second-order valence-electron chi connectivity index (χ2n) is 7.62. The third-order valence-corrected chi connectivity index (χ3v) is 6.19. The molecular formula is C22H24N2O4S. The van der Waals surface area contributed by atoms with Gasteiger partial charge >= 0.3 is 0 Å².